The summed E-state index contributed by atoms with van der Waals surface area (Å²) in [5.41, 5.74) is 0.0944. The van der Waals surface area contributed by atoms with Crippen molar-refractivity contribution >= 4 is 23.3 Å². The van der Waals surface area contributed by atoms with Crippen molar-refractivity contribution in [1.82, 2.24) is 14.8 Å². The second-order valence-corrected chi connectivity index (χ2v) is 7.54. The van der Waals surface area contributed by atoms with Gasteiger partial charge >= 0.3 is 12.1 Å². The Hall–Kier alpha value is -3.14. The maximum Gasteiger partial charge on any atom is 0.416 e. The van der Waals surface area contributed by atoms with Gasteiger partial charge in [0.15, 0.2) is 5.82 Å². The van der Waals surface area contributed by atoms with Gasteiger partial charge in [0.2, 0.25) is 5.95 Å². The van der Waals surface area contributed by atoms with Gasteiger partial charge in [0.05, 0.1) is 22.6 Å². The van der Waals surface area contributed by atoms with Gasteiger partial charge in [-0.2, -0.15) is 18.2 Å². The molecule has 0 aliphatic carbocycles. The van der Waals surface area contributed by atoms with Crippen LogP contribution < -0.4 is 5.32 Å². The van der Waals surface area contributed by atoms with E-state index in [1.807, 2.05) is 17.5 Å². The molecular formula is C20H17F3N4O2S. The van der Waals surface area contributed by atoms with Crippen molar-refractivity contribution in [3.05, 3.63) is 64.2 Å². The number of thiophene rings is 1. The molecule has 0 radical (unpaired) electrons. The highest BCUT2D eigenvalue weighted by Crippen LogP contribution is 2.39. The molecule has 156 valence electrons. The molecule has 10 heteroatoms. The lowest BCUT2D eigenvalue weighted by molar-refractivity contribution is -0.139. The molecule has 3 aromatic rings. The summed E-state index contributed by atoms with van der Waals surface area (Å²) in [4.78, 5) is 18.0. The van der Waals surface area contributed by atoms with E-state index in [0.717, 1.165) is 17.0 Å². The van der Waals surface area contributed by atoms with E-state index in [2.05, 4.69) is 15.4 Å². The molecule has 0 spiro atoms. The van der Waals surface area contributed by atoms with Crippen molar-refractivity contribution in [3.63, 3.8) is 0 Å². The topological polar surface area (TPSA) is 69.0 Å². The zero-order valence-corrected chi connectivity index (χ0v) is 16.8. The predicted octanol–water partition coefficient (Wildman–Crippen LogP) is 4.88. The van der Waals surface area contributed by atoms with Crippen LogP contribution in [-0.2, 0) is 15.7 Å². The Morgan fingerprint density at radius 3 is 2.77 bits per heavy atom. The number of carbonyl (C=O) groups is 1. The summed E-state index contributed by atoms with van der Waals surface area (Å²) in [5, 5.41) is 9.40. The van der Waals surface area contributed by atoms with Crippen molar-refractivity contribution in [2.45, 2.75) is 26.1 Å². The van der Waals surface area contributed by atoms with Crippen LogP contribution in [0.4, 0.5) is 19.1 Å². The molecule has 3 heterocycles. The standard InChI is InChI=1S/C20H17F3N4O2S/c1-3-29-18(28)15-11(2)24-19-25-17(14-8-5-9-30-14)26-27(19)16(15)12-6-4-7-13(10-12)20(21,22)23/h4-10,16H,3H2,1-2H3,(H,24,25,26)/t16-/m0/s1. The van der Waals surface area contributed by atoms with Crippen LogP contribution in [0.15, 0.2) is 53.0 Å². The SMILES string of the molecule is CCOC(=O)C1=C(C)Nc2nc(-c3cccs3)nn2[C@H]1c1cccc(C(F)(F)F)c1. The molecule has 1 aromatic carbocycles. The van der Waals surface area contributed by atoms with E-state index in [1.165, 1.54) is 28.2 Å². The van der Waals surface area contributed by atoms with Crippen LogP contribution in [0.5, 0.6) is 0 Å². The summed E-state index contributed by atoms with van der Waals surface area (Å²) < 4.78 is 46.6. The van der Waals surface area contributed by atoms with Gasteiger partial charge < -0.3 is 10.1 Å². The first-order chi connectivity index (χ1) is 14.3. The number of rotatable bonds is 4. The van der Waals surface area contributed by atoms with Crippen LogP contribution >= 0.6 is 11.3 Å². The summed E-state index contributed by atoms with van der Waals surface area (Å²) in [6, 6.07) is 7.65. The molecule has 0 fully saturated rings. The quantitative estimate of drug-likeness (QED) is 0.593. The summed E-state index contributed by atoms with van der Waals surface area (Å²) >= 11 is 1.44. The first-order valence-corrected chi connectivity index (χ1v) is 10.00. The zero-order valence-electron chi connectivity index (χ0n) is 16.0. The molecule has 0 amide bonds. The average molecular weight is 434 g/mol. The highest BCUT2D eigenvalue weighted by atomic mass is 32.1. The van der Waals surface area contributed by atoms with Crippen LogP contribution in [0.2, 0.25) is 0 Å². The van der Waals surface area contributed by atoms with E-state index in [9.17, 15) is 18.0 Å². The summed E-state index contributed by atoms with van der Waals surface area (Å²) in [6.07, 6.45) is -4.51. The fourth-order valence-electron chi connectivity index (χ4n) is 3.33. The highest BCUT2D eigenvalue weighted by molar-refractivity contribution is 7.13. The zero-order chi connectivity index (χ0) is 21.5. The Morgan fingerprint density at radius 2 is 2.10 bits per heavy atom. The fourth-order valence-corrected chi connectivity index (χ4v) is 3.98. The number of aromatic nitrogens is 3. The van der Waals surface area contributed by atoms with Crippen LogP contribution in [0.25, 0.3) is 10.7 Å². The van der Waals surface area contributed by atoms with E-state index < -0.39 is 23.8 Å². The second-order valence-electron chi connectivity index (χ2n) is 6.59. The number of ether oxygens (including phenoxy) is 1. The predicted molar refractivity (Wildman–Crippen MR) is 106 cm³/mol. The minimum absolute atomic E-state index is 0.135. The number of allylic oxidation sites excluding steroid dienone is 1. The highest BCUT2D eigenvalue weighted by Gasteiger charge is 2.37. The molecule has 2 aromatic heterocycles. The summed E-state index contributed by atoms with van der Waals surface area (Å²) in [5.74, 6) is 0.137. The molecule has 1 atom stereocenters. The number of carbonyl (C=O) groups excluding carboxylic acids is 1. The van der Waals surface area contributed by atoms with Gasteiger partial charge in [-0.25, -0.2) is 9.48 Å². The fraction of sp³-hybridized carbons (Fsp3) is 0.250. The van der Waals surface area contributed by atoms with Gasteiger partial charge in [-0.05, 0) is 43.0 Å². The normalized spacial score (nSPS) is 16.2. The number of esters is 1. The van der Waals surface area contributed by atoms with Gasteiger partial charge in [0, 0.05) is 5.70 Å². The van der Waals surface area contributed by atoms with E-state index >= 15 is 0 Å². The van der Waals surface area contributed by atoms with Gasteiger partial charge in [0.1, 0.15) is 6.04 Å². The van der Waals surface area contributed by atoms with E-state index in [1.54, 1.807) is 13.8 Å². The number of alkyl halides is 3. The van der Waals surface area contributed by atoms with Gasteiger partial charge in [0.25, 0.3) is 0 Å². The lowest BCUT2D eigenvalue weighted by Crippen LogP contribution is -2.30. The number of fused-ring (bicyclic) bond motifs is 1. The first kappa shape index (κ1) is 20.1. The molecule has 1 N–H and O–H groups in total. The average Bonchev–Trinajstić information content (AvgIpc) is 3.36. The molecule has 0 saturated carbocycles. The summed E-state index contributed by atoms with van der Waals surface area (Å²) in [6.45, 7) is 3.46. The van der Waals surface area contributed by atoms with Crippen LogP contribution in [0.3, 0.4) is 0 Å². The molecule has 0 unspecified atom stereocenters. The molecule has 6 nitrogen and oxygen atoms in total. The Morgan fingerprint density at radius 1 is 1.30 bits per heavy atom. The molecule has 0 bridgehead atoms. The molecular weight excluding hydrogens is 417 g/mol. The van der Waals surface area contributed by atoms with Crippen molar-refractivity contribution in [3.8, 4) is 10.7 Å². The third-order valence-electron chi connectivity index (χ3n) is 4.62. The lowest BCUT2D eigenvalue weighted by Gasteiger charge is -2.28. The van der Waals surface area contributed by atoms with Crippen LogP contribution in [-0.4, -0.2) is 27.3 Å². The number of benzene rings is 1. The van der Waals surface area contributed by atoms with Crippen LogP contribution in [0.1, 0.15) is 31.0 Å². The van der Waals surface area contributed by atoms with Crippen molar-refractivity contribution in [2.24, 2.45) is 0 Å². The number of nitrogens with zero attached hydrogens (tertiary/aromatic N) is 3. The van der Waals surface area contributed by atoms with E-state index in [-0.39, 0.29) is 17.7 Å². The van der Waals surface area contributed by atoms with E-state index in [0.29, 0.717) is 17.5 Å². The van der Waals surface area contributed by atoms with Gasteiger partial charge in [-0.1, -0.05) is 18.2 Å². The number of nitrogens with one attached hydrogen (secondary N) is 1. The van der Waals surface area contributed by atoms with Gasteiger partial charge in [-0.3, -0.25) is 0 Å². The summed E-state index contributed by atoms with van der Waals surface area (Å²) in [7, 11) is 0. The van der Waals surface area contributed by atoms with Crippen molar-refractivity contribution < 1.29 is 22.7 Å². The monoisotopic (exact) mass is 434 g/mol. The number of halogens is 3. The first-order valence-electron chi connectivity index (χ1n) is 9.12. The minimum Gasteiger partial charge on any atom is -0.463 e. The third-order valence-corrected chi connectivity index (χ3v) is 5.48. The molecule has 1 aliphatic heterocycles. The maximum atomic E-state index is 13.3. The Kier molecular flexibility index (Phi) is 5.10. The number of anilines is 1. The van der Waals surface area contributed by atoms with Gasteiger partial charge in [-0.15, -0.1) is 16.4 Å². The van der Waals surface area contributed by atoms with Crippen molar-refractivity contribution in [1.29, 1.82) is 0 Å². The minimum atomic E-state index is -4.51. The Bertz CT molecular complexity index is 1120. The molecule has 1 aliphatic rings. The molecule has 0 saturated heterocycles. The number of hydrogen-bond acceptors (Lipinski definition) is 6. The van der Waals surface area contributed by atoms with Crippen molar-refractivity contribution in [2.75, 3.05) is 11.9 Å². The lowest BCUT2D eigenvalue weighted by atomic mass is 9.94. The molecule has 4 rings (SSSR count). The molecule has 30 heavy (non-hydrogen) atoms. The number of hydrogen-bond donors (Lipinski definition) is 1. The Labute approximate surface area is 174 Å². The third kappa shape index (κ3) is 3.58. The Balaban J connectivity index is 1.89. The van der Waals surface area contributed by atoms with E-state index in [4.69, 9.17) is 4.74 Å². The van der Waals surface area contributed by atoms with Crippen LogP contribution in [0, 0.1) is 0 Å². The second kappa shape index (κ2) is 7.60. The largest absolute Gasteiger partial charge is 0.463 e. The smallest absolute Gasteiger partial charge is 0.416 e. The maximum absolute atomic E-state index is 13.3.